The number of aryl methyl sites for hydroxylation is 1. The van der Waals surface area contributed by atoms with Gasteiger partial charge in [0.15, 0.2) is 0 Å². The third-order valence-corrected chi connectivity index (χ3v) is 5.82. The number of nitrogens with one attached hydrogen (secondary N) is 1. The van der Waals surface area contributed by atoms with E-state index in [0.717, 1.165) is 5.56 Å². The highest BCUT2D eigenvalue weighted by atomic mass is 35.5. The molecule has 0 amide bonds. The number of nitrogens with zero attached hydrogens (tertiary/aromatic N) is 3. The molecule has 4 aromatic rings. The minimum atomic E-state index is -3.79. The molecule has 2 heterocycles. The number of fused-ring (bicyclic) bond motifs is 1. The van der Waals surface area contributed by atoms with Gasteiger partial charge in [0.2, 0.25) is 5.95 Å². The Kier molecular flexibility index (Phi) is 4.33. The van der Waals surface area contributed by atoms with Crippen LogP contribution >= 0.6 is 11.6 Å². The number of sulfonamides is 1. The Labute approximate surface area is 161 Å². The van der Waals surface area contributed by atoms with Gasteiger partial charge in [-0.15, -0.1) is 0 Å². The zero-order chi connectivity index (χ0) is 19.0. The van der Waals surface area contributed by atoms with Crippen molar-refractivity contribution >= 4 is 38.3 Å². The van der Waals surface area contributed by atoms with E-state index in [4.69, 9.17) is 11.6 Å². The van der Waals surface area contributed by atoms with E-state index in [0.29, 0.717) is 27.7 Å². The molecule has 27 heavy (non-hydrogen) atoms. The SMILES string of the molecule is Cc1ccc(S(=O)(=O)Nc2cc3c(Cl)cccc3n2-c2ncccn2)cc1. The van der Waals surface area contributed by atoms with E-state index in [-0.39, 0.29) is 4.90 Å². The minimum Gasteiger partial charge on any atom is -0.264 e. The summed E-state index contributed by atoms with van der Waals surface area (Å²) in [7, 11) is -3.79. The number of rotatable bonds is 4. The molecule has 0 aliphatic rings. The van der Waals surface area contributed by atoms with E-state index in [1.165, 1.54) is 0 Å². The fourth-order valence-corrected chi connectivity index (χ4v) is 4.07. The van der Waals surface area contributed by atoms with Crippen LogP contribution in [0.25, 0.3) is 16.9 Å². The third kappa shape index (κ3) is 3.27. The summed E-state index contributed by atoms with van der Waals surface area (Å²) in [5.41, 5.74) is 1.68. The Morgan fingerprint density at radius 3 is 2.41 bits per heavy atom. The quantitative estimate of drug-likeness (QED) is 0.559. The smallest absolute Gasteiger partial charge is 0.263 e. The van der Waals surface area contributed by atoms with Crippen LogP contribution in [0.15, 0.2) is 71.9 Å². The molecule has 0 spiro atoms. The molecular weight excluding hydrogens is 384 g/mol. The molecule has 0 radical (unpaired) electrons. The lowest BCUT2D eigenvalue weighted by Crippen LogP contribution is -2.16. The van der Waals surface area contributed by atoms with Gasteiger partial charge in [-0.2, -0.15) is 0 Å². The van der Waals surface area contributed by atoms with Crippen LogP contribution in [0.4, 0.5) is 5.82 Å². The first-order chi connectivity index (χ1) is 13.0. The minimum absolute atomic E-state index is 0.171. The number of halogens is 1. The van der Waals surface area contributed by atoms with E-state index in [1.54, 1.807) is 65.5 Å². The van der Waals surface area contributed by atoms with Crippen LogP contribution in [0.3, 0.4) is 0 Å². The van der Waals surface area contributed by atoms with Crippen molar-refractivity contribution in [3.8, 4) is 5.95 Å². The van der Waals surface area contributed by atoms with E-state index in [9.17, 15) is 8.42 Å². The molecule has 2 aromatic heterocycles. The van der Waals surface area contributed by atoms with Crippen molar-refractivity contribution in [2.24, 2.45) is 0 Å². The van der Waals surface area contributed by atoms with Crippen molar-refractivity contribution < 1.29 is 8.42 Å². The maximum absolute atomic E-state index is 12.9. The van der Waals surface area contributed by atoms with E-state index in [2.05, 4.69) is 14.7 Å². The first kappa shape index (κ1) is 17.5. The fraction of sp³-hybridized carbons (Fsp3) is 0.0526. The van der Waals surface area contributed by atoms with Gasteiger partial charge in [0.05, 0.1) is 15.4 Å². The summed E-state index contributed by atoms with van der Waals surface area (Å²) in [5.74, 6) is 0.654. The summed E-state index contributed by atoms with van der Waals surface area (Å²) >= 11 is 6.30. The normalized spacial score (nSPS) is 11.6. The largest absolute Gasteiger partial charge is 0.264 e. The Bertz CT molecular complexity index is 1220. The van der Waals surface area contributed by atoms with Gasteiger partial charge in [0.25, 0.3) is 10.0 Å². The van der Waals surface area contributed by atoms with Crippen molar-refractivity contribution in [3.05, 3.63) is 77.6 Å². The second kappa shape index (κ2) is 6.68. The van der Waals surface area contributed by atoms with Crippen molar-refractivity contribution in [1.29, 1.82) is 0 Å². The van der Waals surface area contributed by atoms with Crippen LogP contribution in [0.5, 0.6) is 0 Å². The molecule has 4 rings (SSSR count). The van der Waals surface area contributed by atoms with Crippen LogP contribution in [0.1, 0.15) is 5.56 Å². The van der Waals surface area contributed by atoms with E-state index < -0.39 is 10.0 Å². The van der Waals surface area contributed by atoms with Gasteiger partial charge in [0, 0.05) is 17.8 Å². The molecule has 1 N–H and O–H groups in total. The summed E-state index contributed by atoms with van der Waals surface area (Å²) in [4.78, 5) is 8.67. The molecule has 0 unspecified atom stereocenters. The number of anilines is 1. The molecule has 136 valence electrons. The maximum Gasteiger partial charge on any atom is 0.263 e. The topological polar surface area (TPSA) is 76.9 Å². The second-order valence-corrected chi connectivity index (χ2v) is 8.09. The van der Waals surface area contributed by atoms with Gasteiger partial charge >= 0.3 is 0 Å². The molecule has 0 aliphatic carbocycles. The van der Waals surface area contributed by atoms with Crippen molar-refractivity contribution in [2.45, 2.75) is 11.8 Å². The van der Waals surface area contributed by atoms with Crippen LogP contribution in [-0.2, 0) is 10.0 Å². The lowest BCUT2D eigenvalue weighted by atomic mass is 10.2. The van der Waals surface area contributed by atoms with Gasteiger partial charge in [0.1, 0.15) is 5.82 Å². The van der Waals surface area contributed by atoms with Crippen LogP contribution in [0.2, 0.25) is 5.02 Å². The predicted molar refractivity (Wildman–Crippen MR) is 106 cm³/mol. The number of hydrogen-bond donors (Lipinski definition) is 1. The number of hydrogen-bond acceptors (Lipinski definition) is 4. The Balaban J connectivity index is 1.89. The van der Waals surface area contributed by atoms with Crippen LogP contribution < -0.4 is 4.72 Å². The highest BCUT2D eigenvalue weighted by Crippen LogP contribution is 2.32. The van der Waals surface area contributed by atoms with E-state index in [1.807, 2.05) is 13.0 Å². The Morgan fingerprint density at radius 1 is 1.00 bits per heavy atom. The lowest BCUT2D eigenvalue weighted by molar-refractivity contribution is 0.601. The van der Waals surface area contributed by atoms with Gasteiger partial charge in [-0.3, -0.25) is 9.29 Å². The highest BCUT2D eigenvalue weighted by Gasteiger charge is 2.20. The van der Waals surface area contributed by atoms with Gasteiger partial charge < -0.3 is 0 Å². The predicted octanol–water partition coefficient (Wildman–Crippen LogP) is 4.18. The monoisotopic (exact) mass is 398 g/mol. The van der Waals surface area contributed by atoms with Crippen LogP contribution in [0, 0.1) is 6.92 Å². The summed E-state index contributed by atoms with van der Waals surface area (Å²) in [6, 6.07) is 15.4. The zero-order valence-corrected chi connectivity index (χ0v) is 15.9. The van der Waals surface area contributed by atoms with Crippen LogP contribution in [-0.4, -0.2) is 23.0 Å². The molecule has 0 bridgehead atoms. The molecule has 6 nitrogen and oxygen atoms in total. The fourth-order valence-electron chi connectivity index (χ4n) is 2.81. The summed E-state index contributed by atoms with van der Waals surface area (Å²) in [6.45, 7) is 1.90. The van der Waals surface area contributed by atoms with Crippen molar-refractivity contribution in [1.82, 2.24) is 14.5 Å². The van der Waals surface area contributed by atoms with Gasteiger partial charge in [-0.25, -0.2) is 18.4 Å². The molecule has 0 fully saturated rings. The Hall–Kier alpha value is -2.90. The number of aromatic nitrogens is 3. The third-order valence-electron chi connectivity index (χ3n) is 4.12. The van der Waals surface area contributed by atoms with E-state index >= 15 is 0 Å². The molecule has 2 aromatic carbocycles. The summed E-state index contributed by atoms with van der Waals surface area (Å²) in [6.07, 6.45) is 3.19. The molecule has 8 heteroatoms. The van der Waals surface area contributed by atoms with Crippen molar-refractivity contribution in [3.63, 3.8) is 0 Å². The molecule has 0 atom stereocenters. The molecular formula is C19H15ClN4O2S. The maximum atomic E-state index is 12.9. The van der Waals surface area contributed by atoms with Gasteiger partial charge in [-0.1, -0.05) is 35.4 Å². The van der Waals surface area contributed by atoms with Crippen molar-refractivity contribution in [2.75, 3.05) is 4.72 Å². The summed E-state index contributed by atoms with van der Waals surface area (Å²) in [5, 5.41) is 1.21. The second-order valence-electron chi connectivity index (χ2n) is 6.00. The van der Waals surface area contributed by atoms with Gasteiger partial charge in [-0.05, 0) is 43.3 Å². The summed E-state index contributed by atoms with van der Waals surface area (Å²) < 4.78 is 30.0. The standard InChI is InChI=1S/C19H15ClN4O2S/c1-13-6-8-14(9-7-13)27(25,26)23-18-12-15-16(20)4-2-5-17(15)24(18)19-21-10-3-11-22-19/h2-12,23H,1H3. The number of benzene rings is 2. The lowest BCUT2D eigenvalue weighted by Gasteiger charge is -2.11. The average molecular weight is 399 g/mol. The first-order valence-electron chi connectivity index (χ1n) is 8.12. The zero-order valence-electron chi connectivity index (χ0n) is 14.3. The first-order valence-corrected chi connectivity index (χ1v) is 9.99. The highest BCUT2D eigenvalue weighted by molar-refractivity contribution is 7.92. The Morgan fingerprint density at radius 2 is 1.70 bits per heavy atom. The molecule has 0 saturated carbocycles. The average Bonchev–Trinajstić information content (AvgIpc) is 3.01. The molecule has 0 saturated heterocycles. The molecule has 0 aliphatic heterocycles.